The van der Waals surface area contributed by atoms with Crippen LogP contribution in [-0.4, -0.2) is 36.7 Å². The van der Waals surface area contributed by atoms with Gasteiger partial charge in [-0.15, -0.1) is 0 Å². The van der Waals surface area contributed by atoms with E-state index >= 15 is 0 Å². The molecule has 0 spiro atoms. The van der Waals surface area contributed by atoms with Gasteiger partial charge < -0.3 is 9.47 Å². The van der Waals surface area contributed by atoms with Crippen LogP contribution in [0.25, 0.3) is 0 Å². The molecule has 1 aliphatic rings. The van der Waals surface area contributed by atoms with Crippen molar-refractivity contribution >= 4 is 23.5 Å². The number of esters is 2. The fourth-order valence-corrected chi connectivity index (χ4v) is 4.68. The number of carbonyl (C=O) groups excluding carboxylic acids is 4. The summed E-state index contributed by atoms with van der Waals surface area (Å²) in [4.78, 5) is 48.5. The van der Waals surface area contributed by atoms with Crippen molar-refractivity contribution in [1.29, 1.82) is 0 Å². The van der Waals surface area contributed by atoms with Crippen LogP contribution in [0, 0.1) is 0 Å². The summed E-state index contributed by atoms with van der Waals surface area (Å²) in [5, 5.41) is 0. The minimum atomic E-state index is -0.874. The molecular formula is C26H28O6. The van der Waals surface area contributed by atoms with Gasteiger partial charge in [0.15, 0.2) is 0 Å². The monoisotopic (exact) mass is 436 g/mol. The molecule has 0 heterocycles. The van der Waals surface area contributed by atoms with Gasteiger partial charge in [0.05, 0.1) is 13.2 Å². The molecule has 32 heavy (non-hydrogen) atoms. The first-order chi connectivity index (χ1) is 15.0. The predicted octanol–water partition coefficient (Wildman–Crippen LogP) is 4.17. The molecule has 0 saturated carbocycles. The van der Waals surface area contributed by atoms with Gasteiger partial charge in [0.2, 0.25) is 0 Å². The first-order valence-corrected chi connectivity index (χ1v) is 10.7. The molecular weight excluding hydrogens is 408 g/mol. The number of hydrogen-bond acceptors (Lipinski definition) is 6. The third-order valence-corrected chi connectivity index (χ3v) is 6.11. The Kier molecular flexibility index (Phi) is 6.35. The number of carbonyl (C=O) groups is 4. The lowest BCUT2D eigenvalue weighted by atomic mass is 9.74. The van der Waals surface area contributed by atoms with Crippen LogP contribution in [-0.2, 0) is 29.9 Å². The predicted molar refractivity (Wildman–Crippen MR) is 119 cm³/mol. The lowest BCUT2D eigenvalue weighted by Crippen LogP contribution is -2.24. The molecule has 168 valence electrons. The highest BCUT2D eigenvalue weighted by atomic mass is 16.5. The minimum absolute atomic E-state index is 0.136. The summed E-state index contributed by atoms with van der Waals surface area (Å²) < 4.78 is 9.66. The number of ether oxygens (including phenoxy) is 2. The Balaban J connectivity index is 2.01. The molecule has 0 N–H and O–H groups in total. The lowest BCUT2D eigenvalue weighted by molar-refractivity contribution is -0.138. The maximum Gasteiger partial charge on any atom is 0.379 e. The summed E-state index contributed by atoms with van der Waals surface area (Å²) >= 11 is 0. The lowest BCUT2D eigenvalue weighted by Gasteiger charge is -2.28. The Morgan fingerprint density at radius 2 is 1.25 bits per heavy atom. The van der Waals surface area contributed by atoms with E-state index in [0.29, 0.717) is 5.56 Å². The van der Waals surface area contributed by atoms with E-state index in [1.807, 2.05) is 18.2 Å². The summed E-state index contributed by atoms with van der Waals surface area (Å²) in [5.74, 6) is -3.09. The van der Waals surface area contributed by atoms with Crippen molar-refractivity contribution in [3.8, 4) is 0 Å². The zero-order chi connectivity index (χ0) is 23.7. The quantitative estimate of drug-likeness (QED) is 0.368. The van der Waals surface area contributed by atoms with Crippen LogP contribution >= 0.6 is 0 Å². The highest BCUT2D eigenvalue weighted by Gasteiger charge is 2.46. The van der Waals surface area contributed by atoms with Crippen molar-refractivity contribution < 1.29 is 28.7 Å². The second-order valence-electron chi connectivity index (χ2n) is 8.83. The smallest absolute Gasteiger partial charge is 0.379 e. The second-order valence-corrected chi connectivity index (χ2v) is 8.83. The van der Waals surface area contributed by atoms with Crippen molar-refractivity contribution in [2.24, 2.45) is 0 Å². The van der Waals surface area contributed by atoms with Gasteiger partial charge >= 0.3 is 11.9 Å². The Hall–Kier alpha value is -3.28. The van der Waals surface area contributed by atoms with E-state index in [1.54, 1.807) is 38.1 Å². The van der Waals surface area contributed by atoms with Crippen LogP contribution in [0.4, 0.5) is 0 Å². The fraction of sp³-hybridized carbons (Fsp3) is 0.385. The number of Topliss-reactive ketones (excluding diaryl/α,β-unsaturated/α-hetero) is 2. The highest BCUT2D eigenvalue weighted by Crippen LogP contribution is 2.52. The zero-order valence-electron chi connectivity index (χ0n) is 19.1. The summed E-state index contributed by atoms with van der Waals surface area (Å²) in [7, 11) is 0. The first-order valence-electron chi connectivity index (χ1n) is 10.7. The molecule has 2 aromatic rings. The van der Waals surface area contributed by atoms with Gasteiger partial charge in [0, 0.05) is 16.5 Å². The number of hydrogen-bond donors (Lipinski definition) is 0. The Bertz CT molecular complexity index is 1080. The van der Waals surface area contributed by atoms with Gasteiger partial charge in [-0.05, 0) is 48.4 Å². The molecule has 0 radical (unpaired) electrons. The van der Waals surface area contributed by atoms with Gasteiger partial charge in [-0.25, -0.2) is 9.59 Å². The number of ketones is 2. The average Bonchev–Trinajstić information content (AvgIpc) is 2.98. The first kappa shape index (κ1) is 23.4. The summed E-state index contributed by atoms with van der Waals surface area (Å²) in [6.07, 6.45) is 0.775. The van der Waals surface area contributed by atoms with Gasteiger partial charge in [0.1, 0.15) is 0 Å². The van der Waals surface area contributed by atoms with Crippen molar-refractivity contribution in [3.05, 3.63) is 70.3 Å². The molecule has 1 atom stereocenters. The maximum absolute atomic E-state index is 12.5. The van der Waals surface area contributed by atoms with E-state index in [4.69, 9.17) is 9.47 Å². The van der Waals surface area contributed by atoms with E-state index < -0.39 is 28.9 Å². The average molecular weight is 437 g/mol. The number of benzene rings is 2. The van der Waals surface area contributed by atoms with E-state index in [9.17, 15) is 19.2 Å². The molecule has 0 aromatic heterocycles. The molecule has 6 nitrogen and oxygen atoms in total. The maximum atomic E-state index is 12.5. The van der Waals surface area contributed by atoms with E-state index in [2.05, 4.69) is 20.8 Å². The molecule has 0 amide bonds. The van der Waals surface area contributed by atoms with Crippen LogP contribution in [0.15, 0.2) is 42.5 Å². The van der Waals surface area contributed by atoms with Crippen molar-refractivity contribution in [2.45, 2.75) is 51.9 Å². The minimum Gasteiger partial charge on any atom is -0.460 e. The standard InChI is InChI=1S/C26H28O6/c1-6-31-23(29)21(27)16-8-11-18(12-9-16)26(5)15-25(3,4)19-13-10-17(14-20(19)26)22(28)24(30)32-7-2/h8-14H,6-7,15H2,1-5H3. The normalized spacial score (nSPS) is 18.5. The molecule has 6 heteroatoms. The highest BCUT2D eigenvalue weighted by molar-refractivity contribution is 6.41. The van der Waals surface area contributed by atoms with E-state index in [0.717, 1.165) is 23.1 Å². The van der Waals surface area contributed by atoms with Gasteiger partial charge in [-0.2, -0.15) is 0 Å². The van der Waals surface area contributed by atoms with Crippen molar-refractivity contribution in [3.63, 3.8) is 0 Å². The molecule has 0 aliphatic heterocycles. The molecule has 0 saturated heterocycles. The number of fused-ring (bicyclic) bond motifs is 1. The van der Waals surface area contributed by atoms with Crippen LogP contribution in [0.2, 0.25) is 0 Å². The van der Waals surface area contributed by atoms with Crippen molar-refractivity contribution in [1.82, 2.24) is 0 Å². The van der Waals surface area contributed by atoms with Gasteiger partial charge in [-0.3, -0.25) is 9.59 Å². The fourth-order valence-electron chi connectivity index (χ4n) is 4.68. The number of rotatable bonds is 7. The molecule has 1 unspecified atom stereocenters. The SMILES string of the molecule is CCOC(=O)C(=O)c1ccc(C2(C)CC(C)(C)c3ccc(C(=O)C(=O)OCC)cc32)cc1. The molecule has 0 fully saturated rings. The van der Waals surface area contributed by atoms with E-state index in [-0.39, 0.29) is 24.2 Å². The van der Waals surface area contributed by atoms with E-state index in [1.165, 1.54) is 0 Å². The Labute approximate surface area is 187 Å². The van der Waals surface area contributed by atoms with Crippen LogP contribution in [0.3, 0.4) is 0 Å². The van der Waals surface area contributed by atoms with Crippen molar-refractivity contribution in [2.75, 3.05) is 13.2 Å². The molecule has 3 rings (SSSR count). The van der Waals surface area contributed by atoms with Gasteiger partial charge in [-0.1, -0.05) is 57.2 Å². The second kappa shape index (κ2) is 8.69. The largest absolute Gasteiger partial charge is 0.460 e. The van der Waals surface area contributed by atoms with Crippen LogP contribution in [0.5, 0.6) is 0 Å². The molecule has 1 aliphatic carbocycles. The summed E-state index contributed by atoms with van der Waals surface area (Å²) in [6, 6.07) is 12.3. The molecule has 2 aromatic carbocycles. The summed E-state index contributed by atoms with van der Waals surface area (Å²) in [6.45, 7) is 9.95. The Morgan fingerprint density at radius 3 is 1.78 bits per heavy atom. The van der Waals surface area contributed by atoms with Crippen LogP contribution < -0.4 is 0 Å². The third kappa shape index (κ3) is 4.09. The third-order valence-electron chi connectivity index (χ3n) is 6.11. The Morgan fingerprint density at radius 1 is 0.750 bits per heavy atom. The molecule has 0 bridgehead atoms. The topological polar surface area (TPSA) is 86.7 Å². The van der Waals surface area contributed by atoms with Crippen LogP contribution in [0.1, 0.15) is 78.4 Å². The van der Waals surface area contributed by atoms with Gasteiger partial charge in [0.25, 0.3) is 11.6 Å². The summed E-state index contributed by atoms with van der Waals surface area (Å²) in [5.41, 5.74) is 2.96. The zero-order valence-corrected chi connectivity index (χ0v) is 19.1.